The van der Waals surface area contributed by atoms with Gasteiger partial charge in [-0.25, -0.2) is 4.39 Å². The fourth-order valence-electron chi connectivity index (χ4n) is 3.30. The van der Waals surface area contributed by atoms with E-state index in [0.717, 1.165) is 34.6 Å². The van der Waals surface area contributed by atoms with Gasteiger partial charge in [-0.3, -0.25) is 4.99 Å². The van der Waals surface area contributed by atoms with Crippen molar-refractivity contribution in [1.29, 1.82) is 0 Å². The molecule has 0 aromatic heterocycles. The number of dihydropyridines is 1. The molecule has 0 radical (unpaired) electrons. The zero-order valence-corrected chi connectivity index (χ0v) is 16.4. The van der Waals surface area contributed by atoms with Crippen molar-refractivity contribution in [2.75, 3.05) is 18.5 Å². The minimum Gasteiger partial charge on any atom is -0.466 e. The number of aliphatic imine (C=N–C) groups is 1. The van der Waals surface area contributed by atoms with Crippen LogP contribution in [0.25, 0.3) is 0 Å². The first kappa shape index (κ1) is 19.5. The summed E-state index contributed by atoms with van der Waals surface area (Å²) in [5.41, 5.74) is 3.95. The van der Waals surface area contributed by atoms with Crippen molar-refractivity contribution in [3.05, 3.63) is 81.9 Å². The van der Waals surface area contributed by atoms with Gasteiger partial charge in [0.15, 0.2) is 6.23 Å². The number of allylic oxidation sites excluding steroid dienone is 1. The second kappa shape index (κ2) is 8.68. The highest BCUT2D eigenvalue weighted by Gasteiger charge is 2.26. The first-order valence-corrected chi connectivity index (χ1v) is 9.80. The van der Waals surface area contributed by atoms with E-state index in [1.54, 1.807) is 12.3 Å². The highest BCUT2D eigenvalue weighted by atomic mass is 35.5. The van der Waals surface area contributed by atoms with E-state index in [1.807, 2.05) is 24.3 Å². The molecule has 4 rings (SSSR count). The fraction of sp³-hybridized carbons (Fsp3) is 0.227. The van der Waals surface area contributed by atoms with E-state index in [-0.39, 0.29) is 11.6 Å². The Morgan fingerprint density at radius 2 is 2.14 bits per heavy atom. The number of ether oxygens (including phenoxy) is 1. The molecule has 0 saturated carbocycles. The van der Waals surface area contributed by atoms with E-state index in [4.69, 9.17) is 21.4 Å². The zero-order chi connectivity index (χ0) is 20.2. The molecule has 29 heavy (non-hydrogen) atoms. The van der Waals surface area contributed by atoms with E-state index in [2.05, 4.69) is 21.7 Å². The van der Waals surface area contributed by atoms with Crippen LogP contribution in [0.15, 0.2) is 64.9 Å². The Labute approximate surface area is 173 Å². The lowest BCUT2D eigenvalue weighted by Crippen LogP contribution is -2.35. The molecule has 0 saturated heterocycles. The van der Waals surface area contributed by atoms with Crippen LogP contribution < -0.4 is 15.4 Å². The predicted molar refractivity (Wildman–Crippen MR) is 113 cm³/mol. The monoisotopic (exact) mass is 413 g/mol. The topological polar surface area (TPSA) is 65.9 Å². The third kappa shape index (κ3) is 4.44. The van der Waals surface area contributed by atoms with Crippen LogP contribution in [0.4, 0.5) is 10.1 Å². The van der Waals surface area contributed by atoms with E-state index in [9.17, 15) is 4.39 Å². The maximum absolute atomic E-state index is 13.5. The minimum atomic E-state index is -0.497. The van der Waals surface area contributed by atoms with Gasteiger partial charge in [0.1, 0.15) is 17.4 Å². The number of halogens is 2. The van der Waals surface area contributed by atoms with Crippen molar-refractivity contribution >= 4 is 23.5 Å². The number of aliphatic hydroxyl groups excluding tert-OH is 1. The van der Waals surface area contributed by atoms with Crippen LogP contribution in [0.2, 0.25) is 5.02 Å². The highest BCUT2D eigenvalue weighted by Crippen LogP contribution is 2.34. The second-order valence-corrected chi connectivity index (χ2v) is 7.25. The number of rotatable bonds is 5. The zero-order valence-electron chi connectivity index (χ0n) is 15.7. The summed E-state index contributed by atoms with van der Waals surface area (Å²) in [6, 6.07) is 10.4. The number of nitrogens with zero attached hydrogens (tertiary/aromatic N) is 1. The van der Waals surface area contributed by atoms with E-state index in [1.165, 1.54) is 12.1 Å². The molecule has 0 fully saturated rings. The maximum Gasteiger partial charge on any atom is 0.199 e. The number of aliphatic hydroxyl groups is 1. The third-order valence-corrected chi connectivity index (χ3v) is 5.06. The number of fused-ring (bicyclic) bond motifs is 1. The molecule has 3 N–H and O–H groups in total. The van der Waals surface area contributed by atoms with Crippen LogP contribution in [0.3, 0.4) is 0 Å². The van der Waals surface area contributed by atoms with E-state index in [0.29, 0.717) is 18.7 Å². The molecule has 2 aromatic carbocycles. The number of benzene rings is 2. The molecule has 2 heterocycles. The second-order valence-electron chi connectivity index (χ2n) is 6.84. The standard InChI is InChI=1S/C22H21ClFN3O2/c23-18-12-16(6-7-19(18)24)29-22-17-11-14(3-2-10-28)5-8-20(17)26-21(27-22)15-4-1-9-25-13-15/h1,4-9,11-12,22,26-28H,2-3,10,13H2. The lowest BCUT2D eigenvalue weighted by Gasteiger charge is -2.32. The number of nitrogens with one attached hydrogen (secondary N) is 2. The third-order valence-electron chi connectivity index (χ3n) is 4.77. The van der Waals surface area contributed by atoms with Crippen molar-refractivity contribution in [2.24, 2.45) is 4.99 Å². The smallest absolute Gasteiger partial charge is 0.199 e. The molecule has 0 spiro atoms. The Bertz CT molecular complexity index is 1000. The van der Waals surface area contributed by atoms with Crippen LogP contribution in [0, 0.1) is 5.82 Å². The van der Waals surface area contributed by atoms with E-state index < -0.39 is 12.0 Å². The van der Waals surface area contributed by atoms with Gasteiger partial charge in [-0.2, -0.15) is 0 Å². The predicted octanol–water partition coefficient (Wildman–Crippen LogP) is 4.35. The van der Waals surface area contributed by atoms with Gasteiger partial charge in [0.25, 0.3) is 0 Å². The number of anilines is 1. The molecular weight excluding hydrogens is 393 g/mol. The summed E-state index contributed by atoms with van der Waals surface area (Å²) in [5, 5.41) is 15.9. The molecule has 0 aliphatic carbocycles. The normalized spacial score (nSPS) is 20.0. The summed E-state index contributed by atoms with van der Waals surface area (Å²) in [6.07, 6.45) is 6.61. The van der Waals surface area contributed by atoms with Gasteiger partial charge in [0.2, 0.25) is 0 Å². The minimum absolute atomic E-state index is 0.0106. The van der Waals surface area contributed by atoms with Crippen LogP contribution >= 0.6 is 11.6 Å². The molecule has 2 aliphatic rings. The fourth-order valence-corrected chi connectivity index (χ4v) is 3.47. The largest absolute Gasteiger partial charge is 0.466 e. The summed E-state index contributed by atoms with van der Waals surface area (Å²) in [5.74, 6) is 0.785. The quantitative estimate of drug-likeness (QED) is 0.681. The Kier molecular flexibility index (Phi) is 5.83. The number of aryl methyl sites for hydroxylation is 1. The van der Waals surface area contributed by atoms with Gasteiger partial charge in [-0.05, 0) is 48.7 Å². The van der Waals surface area contributed by atoms with Crippen LogP contribution in [-0.2, 0) is 6.42 Å². The summed E-state index contributed by atoms with van der Waals surface area (Å²) in [7, 11) is 0. The van der Waals surface area contributed by atoms with Crippen LogP contribution in [0.1, 0.15) is 23.8 Å². The number of hydrogen-bond acceptors (Lipinski definition) is 5. The van der Waals surface area contributed by atoms with E-state index >= 15 is 0 Å². The van der Waals surface area contributed by atoms with Gasteiger partial charge in [0, 0.05) is 35.7 Å². The Morgan fingerprint density at radius 1 is 1.24 bits per heavy atom. The molecular formula is C22H21ClFN3O2. The van der Waals surface area contributed by atoms with Gasteiger partial charge in [-0.15, -0.1) is 0 Å². The van der Waals surface area contributed by atoms with Crippen molar-refractivity contribution in [2.45, 2.75) is 19.1 Å². The summed E-state index contributed by atoms with van der Waals surface area (Å²) >= 11 is 5.92. The molecule has 7 heteroatoms. The lowest BCUT2D eigenvalue weighted by atomic mass is 10.0. The number of hydrogen-bond donors (Lipinski definition) is 3. The van der Waals surface area contributed by atoms with Gasteiger partial charge < -0.3 is 20.5 Å². The average molecular weight is 414 g/mol. The molecule has 5 nitrogen and oxygen atoms in total. The molecule has 150 valence electrons. The first-order valence-electron chi connectivity index (χ1n) is 9.42. The molecule has 0 amide bonds. The molecule has 0 bridgehead atoms. The summed E-state index contributed by atoms with van der Waals surface area (Å²) < 4.78 is 19.7. The van der Waals surface area contributed by atoms with Crippen molar-refractivity contribution in [1.82, 2.24) is 5.32 Å². The highest BCUT2D eigenvalue weighted by molar-refractivity contribution is 6.30. The summed E-state index contributed by atoms with van der Waals surface area (Å²) in [6.45, 7) is 0.704. The Balaban J connectivity index is 1.69. The molecule has 2 aromatic rings. The van der Waals surface area contributed by atoms with Crippen LogP contribution in [0.5, 0.6) is 5.75 Å². The van der Waals surface area contributed by atoms with Crippen molar-refractivity contribution < 1.29 is 14.2 Å². The SMILES string of the molecule is OCCCc1ccc2c(c1)C(Oc1ccc(F)c(Cl)c1)NC(=C1C=CC=NC1)N2. The van der Waals surface area contributed by atoms with Crippen LogP contribution in [-0.4, -0.2) is 24.5 Å². The Morgan fingerprint density at radius 3 is 2.90 bits per heavy atom. The first-order chi connectivity index (χ1) is 14.1. The summed E-state index contributed by atoms with van der Waals surface area (Å²) in [4.78, 5) is 4.29. The molecule has 2 aliphatic heterocycles. The average Bonchev–Trinajstić information content (AvgIpc) is 2.75. The van der Waals surface area contributed by atoms with Gasteiger partial charge >= 0.3 is 0 Å². The van der Waals surface area contributed by atoms with Crippen molar-refractivity contribution in [3.63, 3.8) is 0 Å². The lowest BCUT2D eigenvalue weighted by molar-refractivity contribution is 0.176. The maximum atomic E-state index is 13.5. The molecule has 1 unspecified atom stereocenters. The van der Waals surface area contributed by atoms with Gasteiger partial charge in [0.05, 0.1) is 11.6 Å². The Hall–Kier alpha value is -2.83. The molecule has 1 atom stereocenters. The van der Waals surface area contributed by atoms with Crippen molar-refractivity contribution in [3.8, 4) is 5.75 Å². The van der Waals surface area contributed by atoms with Gasteiger partial charge in [-0.1, -0.05) is 23.7 Å².